The van der Waals surface area contributed by atoms with Crippen LogP contribution >= 0.6 is 0 Å². The number of benzene rings is 3. The van der Waals surface area contributed by atoms with Crippen molar-refractivity contribution in [3.8, 4) is 0 Å². The maximum absolute atomic E-state index is 6.11. The molecular formula is C28H22O2. The van der Waals surface area contributed by atoms with Crippen LogP contribution < -0.4 is 0 Å². The van der Waals surface area contributed by atoms with Gasteiger partial charge in [-0.2, -0.15) is 0 Å². The standard InChI is InChI=1S/C28H22O2/c1-6-10-20-22(9-4)30-24-14-12-18-15-17-11-13-23-27(19(7-2)21(8-3)29-23)25(17)16(5)26(18)28(20)24/h6-15H,2-4H2,1,5H3/b10-6-. The van der Waals surface area contributed by atoms with Crippen LogP contribution in [0.25, 0.3) is 67.8 Å². The number of furan rings is 2. The van der Waals surface area contributed by atoms with Crippen molar-refractivity contribution in [2.45, 2.75) is 13.8 Å². The molecule has 5 aromatic rings. The third-order valence-electron chi connectivity index (χ3n) is 5.88. The molecule has 30 heavy (non-hydrogen) atoms. The van der Waals surface area contributed by atoms with E-state index in [1.807, 2.05) is 31.2 Å². The predicted molar refractivity (Wildman–Crippen MR) is 131 cm³/mol. The highest BCUT2D eigenvalue weighted by Gasteiger charge is 2.19. The summed E-state index contributed by atoms with van der Waals surface area (Å²) in [5, 5.41) is 6.91. The minimum Gasteiger partial charge on any atom is -0.456 e. The molecule has 146 valence electrons. The zero-order valence-corrected chi connectivity index (χ0v) is 17.2. The average molecular weight is 390 g/mol. The third-order valence-corrected chi connectivity index (χ3v) is 5.88. The van der Waals surface area contributed by atoms with Gasteiger partial charge in [0.2, 0.25) is 0 Å². The molecule has 2 heterocycles. The number of allylic oxidation sites excluding steroid dienone is 1. The lowest BCUT2D eigenvalue weighted by Crippen LogP contribution is -1.87. The molecular weight excluding hydrogens is 368 g/mol. The highest BCUT2D eigenvalue weighted by molar-refractivity contribution is 6.22. The SMILES string of the molecule is C=Cc1oc2ccc3cc4ccc5oc(C=C)c(/C=C\C)c5c4c(C)c3c2c1C=C. The Balaban J connectivity index is 2.09. The molecule has 0 amide bonds. The van der Waals surface area contributed by atoms with E-state index in [9.17, 15) is 0 Å². The Morgan fingerprint density at radius 2 is 1.23 bits per heavy atom. The fourth-order valence-electron chi connectivity index (χ4n) is 4.68. The molecule has 0 fully saturated rings. The Morgan fingerprint density at radius 3 is 1.73 bits per heavy atom. The van der Waals surface area contributed by atoms with Crippen LogP contribution in [0.5, 0.6) is 0 Å². The Hall–Kier alpha value is -3.78. The van der Waals surface area contributed by atoms with Crippen molar-refractivity contribution in [1.82, 2.24) is 0 Å². The summed E-state index contributed by atoms with van der Waals surface area (Å²) in [6.07, 6.45) is 9.50. The topological polar surface area (TPSA) is 26.3 Å². The Kier molecular flexibility index (Phi) is 4.04. The van der Waals surface area contributed by atoms with E-state index in [0.29, 0.717) is 0 Å². The van der Waals surface area contributed by atoms with Gasteiger partial charge in [0.25, 0.3) is 0 Å². The van der Waals surface area contributed by atoms with Crippen LogP contribution in [0.4, 0.5) is 0 Å². The first kappa shape index (κ1) is 18.3. The maximum Gasteiger partial charge on any atom is 0.136 e. The van der Waals surface area contributed by atoms with Gasteiger partial charge in [0.15, 0.2) is 0 Å². The highest BCUT2D eigenvalue weighted by Crippen LogP contribution is 2.42. The summed E-state index contributed by atoms with van der Waals surface area (Å²) in [5.74, 6) is 1.54. The van der Waals surface area contributed by atoms with Gasteiger partial charge in [0.1, 0.15) is 22.7 Å². The molecule has 0 aliphatic carbocycles. The molecule has 0 bridgehead atoms. The lowest BCUT2D eigenvalue weighted by Gasteiger charge is -2.11. The first-order chi connectivity index (χ1) is 14.6. The summed E-state index contributed by atoms with van der Waals surface area (Å²) < 4.78 is 12.2. The zero-order valence-electron chi connectivity index (χ0n) is 17.2. The smallest absolute Gasteiger partial charge is 0.136 e. The largest absolute Gasteiger partial charge is 0.456 e. The van der Waals surface area contributed by atoms with Crippen molar-refractivity contribution >= 4 is 67.8 Å². The van der Waals surface area contributed by atoms with Crippen molar-refractivity contribution < 1.29 is 8.83 Å². The van der Waals surface area contributed by atoms with Gasteiger partial charge in [-0.05, 0) is 71.3 Å². The Morgan fingerprint density at radius 1 is 0.700 bits per heavy atom. The highest BCUT2D eigenvalue weighted by atomic mass is 16.3. The number of rotatable bonds is 4. The second-order valence-corrected chi connectivity index (χ2v) is 7.45. The third kappa shape index (κ3) is 2.31. The van der Waals surface area contributed by atoms with Gasteiger partial charge < -0.3 is 8.83 Å². The molecule has 0 aliphatic heterocycles. The van der Waals surface area contributed by atoms with Crippen molar-refractivity contribution in [1.29, 1.82) is 0 Å². The van der Waals surface area contributed by atoms with Gasteiger partial charge in [0.05, 0.1) is 0 Å². The van der Waals surface area contributed by atoms with Crippen LogP contribution in [0.15, 0.2) is 65.0 Å². The van der Waals surface area contributed by atoms with E-state index in [1.54, 1.807) is 12.2 Å². The molecule has 0 N–H and O–H groups in total. The number of hydrogen-bond donors (Lipinski definition) is 0. The molecule has 3 aromatic carbocycles. The maximum atomic E-state index is 6.11. The molecule has 2 heteroatoms. The van der Waals surface area contributed by atoms with Crippen molar-refractivity contribution in [2.75, 3.05) is 0 Å². The van der Waals surface area contributed by atoms with E-state index >= 15 is 0 Å². The molecule has 0 unspecified atom stereocenters. The first-order valence-corrected chi connectivity index (χ1v) is 10.0. The van der Waals surface area contributed by atoms with E-state index in [4.69, 9.17) is 8.83 Å². The minimum atomic E-state index is 0.747. The quantitative estimate of drug-likeness (QED) is 0.287. The molecule has 0 aliphatic rings. The van der Waals surface area contributed by atoms with E-state index in [-0.39, 0.29) is 0 Å². The molecule has 5 rings (SSSR count). The van der Waals surface area contributed by atoms with Crippen molar-refractivity contribution in [2.24, 2.45) is 0 Å². The van der Waals surface area contributed by atoms with Crippen LogP contribution in [0.3, 0.4) is 0 Å². The first-order valence-electron chi connectivity index (χ1n) is 10.0. The fraction of sp³-hybridized carbons (Fsp3) is 0.0714. The normalized spacial score (nSPS) is 11.9. The lowest BCUT2D eigenvalue weighted by molar-refractivity contribution is 0.603. The molecule has 2 nitrogen and oxygen atoms in total. The minimum absolute atomic E-state index is 0.747. The van der Waals surface area contributed by atoms with E-state index in [1.165, 1.54) is 27.1 Å². The fourth-order valence-corrected chi connectivity index (χ4v) is 4.68. The van der Waals surface area contributed by atoms with Crippen molar-refractivity contribution in [3.63, 3.8) is 0 Å². The van der Waals surface area contributed by atoms with E-state index in [0.717, 1.165) is 44.6 Å². The van der Waals surface area contributed by atoms with Crippen LogP contribution in [0.1, 0.15) is 35.1 Å². The zero-order chi connectivity index (χ0) is 21.0. The summed E-state index contributed by atoms with van der Waals surface area (Å²) in [6, 6.07) is 10.6. The monoisotopic (exact) mass is 390 g/mol. The second-order valence-electron chi connectivity index (χ2n) is 7.45. The molecule has 0 spiro atoms. The van der Waals surface area contributed by atoms with E-state index < -0.39 is 0 Å². The van der Waals surface area contributed by atoms with Gasteiger partial charge in [-0.3, -0.25) is 0 Å². The molecule has 0 saturated carbocycles. The Bertz CT molecular complexity index is 1550. The molecule has 0 atom stereocenters. The predicted octanol–water partition coefficient (Wildman–Crippen LogP) is 8.76. The van der Waals surface area contributed by atoms with Gasteiger partial charge in [-0.1, -0.05) is 50.1 Å². The second kappa shape index (κ2) is 6.64. The van der Waals surface area contributed by atoms with Gasteiger partial charge in [-0.25, -0.2) is 0 Å². The van der Waals surface area contributed by atoms with Crippen LogP contribution in [-0.4, -0.2) is 0 Å². The number of hydrogen-bond acceptors (Lipinski definition) is 2. The molecule has 0 saturated heterocycles. The number of aryl methyl sites for hydroxylation is 1. The van der Waals surface area contributed by atoms with Gasteiger partial charge in [0, 0.05) is 21.9 Å². The summed E-state index contributed by atoms with van der Waals surface area (Å²) >= 11 is 0. The van der Waals surface area contributed by atoms with Gasteiger partial charge in [-0.15, -0.1) is 0 Å². The summed E-state index contributed by atoms with van der Waals surface area (Å²) in [6.45, 7) is 16.1. The summed E-state index contributed by atoms with van der Waals surface area (Å²) in [4.78, 5) is 0. The lowest BCUT2D eigenvalue weighted by atomic mass is 9.91. The van der Waals surface area contributed by atoms with Gasteiger partial charge >= 0.3 is 0 Å². The Labute approximate surface area is 175 Å². The summed E-state index contributed by atoms with van der Waals surface area (Å²) in [7, 11) is 0. The molecule has 0 radical (unpaired) electrons. The van der Waals surface area contributed by atoms with Crippen LogP contribution in [-0.2, 0) is 0 Å². The average Bonchev–Trinajstić information content (AvgIpc) is 3.31. The van der Waals surface area contributed by atoms with Crippen LogP contribution in [0, 0.1) is 6.92 Å². The molecule has 2 aromatic heterocycles. The van der Waals surface area contributed by atoms with Crippen molar-refractivity contribution in [3.05, 3.63) is 84.4 Å². The number of fused-ring (bicyclic) bond motifs is 6. The summed E-state index contributed by atoms with van der Waals surface area (Å²) in [5.41, 5.74) is 4.94. The van der Waals surface area contributed by atoms with Crippen LogP contribution in [0.2, 0.25) is 0 Å². The van der Waals surface area contributed by atoms with E-state index in [2.05, 4.69) is 50.9 Å².